The molecule has 2 rings (SSSR count). The molecule has 0 radical (unpaired) electrons. The Labute approximate surface area is 113 Å². The molecule has 3 N–H and O–H groups in total. The van der Waals surface area contributed by atoms with E-state index in [-0.39, 0.29) is 22.4 Å². The fourth-order valence-corrected chi connectivity index (χ4v) is 4.74. The molecule has 0 aromatic heterocycles. The summed E-state index contributed by atoms with van der Waals surface area (Å²) < 4.78 is 49.2. The monoisotopic (exact) mass is 304 g/mol. The van der Waals surface area contributed by atoms with Crippen molar-refractivity contribution in [3.8, 4) is 0 Å². The van der Waals surface area contributed by atoms with Crippen molar-refractivity contribution in [1.82, 2.24) is 4.72 Å². The number of benzene rings is 1. The molecule has 1 aromatic rings. The van der Waals surface area contributed by atoms with Gasteiger partial charge in [0.05, 0.1) is 16.4 Å². The summed E-state index contributed by atoms with van der Waals surface area (Å²) in [6.45, 7) is 0. The van der Waals surface area contributed by atoms with E-state index in [9.17, 15) is 16.8 Å². The zero-order chi connectivity index (χ0) is 14.1. The molecule has 0 bridgehead atoms. The number of hydrogen-bond acceptors (Lipinski definition) is 5. The second-order valence-electron chi connectivity index (χ2n) is 4.62. The maximum absolute atomic E-state index is 12.1. The van der Waals surface area contributed by atoms with E-state index in [4.69, 9.17) is 5.73 Å². The largest absolute Gasteiger partial charge is 0.399 e. The number of rotatable bonds is 3. The fourth-order valence-electron chi connectivity index (χ4n) is 1.94. The molecule has 1 aromatic carbocycles. The Morgan fingerprint density at radius 3 is 2.16 bits per heavy atom. The Balaban J connectivity index is 2.08. The number of nitrogen functional groups attached to an aromatic ring is 1. The lowest BCUT2D eigenvalue weighted by atomic mass is 10.2. The first-order valence-corrected chi connectivity index (χ1v) is 9.17. The number of sulfonamides is 1. The van der Waals surface area contributed by atoms with Crippen molar-refractivity contribution in [2.45, 2.75) is 23.8 Å². The minimum absolute atomic E-state index is 0.0297. The van der Waals surface area contributed by atoms with E-state index in [1.165, 1.54) is 24.3 Å². The van der Waals surface area contributed by atoms with Crippen LogP contribution in [0.3, 0.4) is 0 Å². The maximum Gasteiger partial charge on any atom is 0.240 e. The van der Waals surface area contributed by atoms with Crippen LogP contribution in [0.1, 0.15) is 12.8 Å². The van der Waals surface area contributed by atoms with Crippen molar-refractivity contribution in [1.29, 1.82) is 0 Å². The number of nitrogens with one attached hydrogen (secondary N) is 1. The third-order valence-corrected chi connectivity index (χ3v) is 6.32. The minimum atomic E-state index is -3.61. The van der Waals surface area contributed by atoms with Crippen LogP contribution in [-0.2, 0) is 19.9 Å². The standard InChI is InChI=1S/C11H16N2O4S2/c12-9-1-3-11(4-2-9)19(16,17)13-10-5-7-18(14,15)8-6-10/h1-4,10,13H,5-8,12H2. The number of hydrogen-bond donors (Lipinski definition) is 2. The summed E-state index contributed by atoms with van der Waals surface area (Å²) in [6, 6.07) is 5.56. The molecule has 8 heteroatoms. The van der Waals surface area contributed by atoms with E-state index in [1.807, 2.05) is 0 Å². The lowest BCUT2D eigenvalue weighted by Gasteiger charge is -2.22. The van der Waals surface area contributed by atoms with Gasteiger partial charge in [-0.2, -0.15) is 0 Å². The lowest BCUT2D eigenvalue weighted by Crippen LogP contribution is -2.40. The van der Waals surface area contributed by atoms with Gasteiger partial charge >= 0.3 is 0 Å². The summed E-state index contributed by atoms with van der Waals surface area (Å²) in [6.07, 6.45) is 0.632. The van der Waals surface area contributed by atoms with Crippen molar-refractivity contribution < 1.29 is 16.8 Å². The van der Waals surface area contributed by atoms with Gasteiger partial charge in [0.1, 0.15) is 9.84 Å². The average molecular weight is 304 g/mol. The van der Waals surface area contributed by atoms with Crippen molar-refractivity contribution in [2.24, 2.45) is 0 Å². The van der Waals surface area contributed by atoms with Gasteiger partial charge in [0.15, 0.2) is 0 Å². The molecular formula is C11H16N2O4S2. The number of sulfone groups is 1. The van der Waals surface area contributed by atoms with E-state index in [2.05, 4.69) is 4.72 Å². The second kappa shape index (κ2) is 5.10. The fraction of sp³-hybridized carbons (Fsp3) is 0.455. The summed E-state index contributed by atoms with van der Waals surface area (Å²) in [4.78, 5) is 0.134. The van der Waals surface area contributed by atoms with E-state index in [0.717, 1.165) is 0 Å². The first kappa shape index (κ1) is 14.3. The molecule has 106 valence electrons. The van der Waals surface area contributed by atoms with Gasteiger partial charge in [-0.25, -0.2) is 21.6 Å². The lowest BCUT2D eigenvalue weighted by molar-refractivity contribution is 0.505. The highest BCUT2D eigenvalue weighted by Crippen LogP contribution is 2.17. The highest BCUT2D eigenvalue weighted by molar-refractivity contribution is 7.91. The van der Waals surface area contributed by atoms with Crippen LogP contribution in [0, 0.1) is 0 Å². The third-order valence-electron chi connectivity index (χ3n) is 3.07. The first-order valence-electron chi connectivity index (χ1n) is 5.87. The average Bonchev–Trinajstić information content (AvgIpc) is 2.32. The second-order valence-corrected chi connectivity index (χ2v) is 8.63. The molecule has 1 fully saturated rings. The van der Waals surface area contributed by atoms with Crippen molar-refractivity contribution in [2.75, 3.05) is 17.2 Å². The first-order chi connectivity index (χ1) is 8.78. The smallest absolute Gasteiger partial charge is 0.240 e. The van der Waals surface area contributed by atoms with E-state index >= 15 is 0 Å². The predicted molar refractivity (Wildman–Crippen MR) is 72.9 cm³/mol. The maximum atomic E-state index is 12.1. The van der Waals surface area contributed by atoms with E-state index < -0.39 is 19.9 Å². The molecule has 0 amide bonds. The van der Waals surface area contributed by atoms with E-state index in [0.29, 0.717) is 18.5 Å². The van der Waals surface area contributed by atoms with Crippen molar-refractivity contribution in [3.63, 3.8) is 0 Å². The molecule has 1 saturated heterocycles. The van der Waals surface area contributed by atoms with Gasteiger partial charge in [-0.05, 0) is 37.1 Å². The highest BCUT2D eigenvalue weighted by Gasteiger charge is 2.27. The van der Waals surface area contributed by atoms with Crippen LogP contribution in [0.25, 0.3) is 0 Å². The van der Waals surface area contributed by atoms with Crippen LogP contribution in [0.15, 0.2) is 29.2 Å². The SMILES string of the molecule is Nc1ccc(S(=O)(=O)NC2CCS(=O)(=O)CC2)cc1. The van der Waals surface area contributed by atoms with Crippen molar-refractivity contribution in [3.05, 3.63) is 24.3 Å². The highest BCUT2D eigenvalue weighted by atomic mass is 32.2. The summed E-state index contributed by atoms with van der Waals surface area (Å²) >= 11 is 0. The summed E-state index contributed by atoms with van der Waals surface area (Å²) in [7, 11) is -6.61. The summed E-state index contributed by atoms with van der Waals surface area (Å²) in [5, 5.41) is 0. The van der Waals surface area contributed by atoms with Gasteiger partial charge in [0.2, 0.25) is 10.0 Å². The third kappa shape index (κ3) is 3.68. The van der Waals surface area contributed by atoms with Crippen LogP contribution < -0.4 is 10.5 Å². The molecular weight excluding hydrogens is 288 g/mol. The number of anilines is 1. The zero-order valence-electron chi connectivity index (χ0n) is 10.2. The van der Waals surface area contributed by atoms with Gasteiger partial charge in [0.25, 0.3) is 0 Å². The molecule has 19 heavy (non-hydrogen) atoms. The molecule has 0 saturated carbocycles. The molecule has 1 aliphatic rings. The molecule has 0 spiro atoms. The molecule has 0 aliphatic carbocycles. The van der Waals surface area contributed by atoms with Gasteiger partial charge in [-0.3, -0.25) is 0 Å². The van der Waals surface area contributed by atoms with Crippen LogP contribution in [0.4, 0.5) is 5.69 Å². The summed E-state index contributed by atoms with van der Waals surface area (Å²) in [5.41, 5.74) is 5.99. The van der Waals surface area contributed by atoms with Crippen LogP contribution >= 0.6 is 0 Å². The zero-order valence-corrected chi connectivity index (χ0v) is 11.9. The van der Waals surface area contributed by atoms with Gasteiger partial charge < -0.3 is 5.73 Å². The summed E-state index contributed by atoms with van der Waals surface area (Å²) in [5.74, 6) is 0.0594. The molecule has 0 unspecified atom stereocenters. The Morgan fingerprint density at radius 1 is 1.11 bits per heavy atom. The van der Waals surface area contributed by atoms with Crippen LogP contribution in [-0.4, -0.2) is 34.4 Å². The van der Waals surface area contributed by atoms with Crippen molar-refractivity contribution >= 4 is 25.5 Å². The quantitative estimate of drug-likeness (QED) is 0.772. The van der Waals surface area contributed by atoms with Crippen LogP contribution in [0.5, 0.6) is 0 Å². The Morgan fingerprint density at radius 2 is 1.63 bits per heavy atom. The Kier molecular flexibility index (Phi) is 3.84. The topological polar surface area (TPSA) is 106 Å². The number of nitrogens with two attached hydrogens (primary N) is 1. The van der Waals surface area contributed by atoms with Crippen LogP contribution in [0.2, 0.25) is 0 Å². The van der Waals surface area contributed by atoms with Gasteiger partial charge in [0, 0.05) is 11.7 Å². The molecule has 0 atom stereocenters. The van der Waals surface area contributed by atoms with Gasteiger partial charge in [-0.1, -0.05) is 0 Å². The molecule has 1 aliphatic heterocycles. The molecule has 1 heterocycles. The van der Waals surface area contributed by atoms with Gasteiger partial charge in [-0.15, -0.1) is 0 Å². The normalized spacial score (nSPS) is 20.2. The predicted octanol–water partition coefficient (Wildman–Crippen LogP) is 0.124. The minimum Gasteiger partial charge on any atom is -0.399 e. The Bertz CT molecular complexity index is 636. The molecule has 6 nitrogen and oxygen atoms in total. The van der Waals surface area contributed by atoms with E-state index in [1.54, 1.807) is 0 Å². The Hall–Kier alpha value is -1.12.